The summed E-state index contributed by atoms with van der Waals surface area (Å²) in [4.78, 5) is 12.0. The fraction of sp³-hybridized carbons (Fsp3) is 0.588. The monoisotopic (exact) mass is 290 g/mol. The summed E-state index contributed by atoms with van der Waals surface area (Å²) < 4.78 is 5.57. The predicted molar refractivity (Wildman–Crippen MR) is 85.7 cm³/mol. The molecule has 1 saturated heterocycles. The standard InChI is InChI=1S/C17H26N2O2/c1-2-12-21-16-5-3-4-15(13-16)19-17(20)7-6-14-8-10-18-11-9-14/h3-5,13-14,18H,2,6-12H2,1H3,(H,19,20). The minimum absolute atomic E-state index is 0.0983. The lowest BCUT2D eigenvalue weighted by atomic mass is 9.93. The van der Waals surface area contributed by atoms with Gasteiger partial charge in [0.05, 0.1) is 6.61 Å². The number of benzene rings is 1. The molecule has 0 spiro atoms. The van der Waals surface area contributed by atoms with Gasteiger partial charge in [-0.15, -0.1) is 0 Å². The number of hydrogen-bond acceptors (Lipinski definition) is 3. The van der Waals surface area contributed by atoms with Gasteiger partial charge >= 0.3 is 0 Å². The molecule has 4 heteroatoms. The minimum Gasteiger partial charge on any atom is -0.494 e. The second-order valence-electron chi connectivity index (χ2n) is 5.66. The largest absolute Gasteiger partial charge is 0.494 e. The van der Waals surface area contributed by atoms with E-state index in [1.807, 2.05) is 24.3 Å². The second-order valence-corrected chi connectivity index (χ2v) is 5.66. The maximum Gasteiger partial charge on any atom is 0.224 e. The molecule has 1 aliphatic rings. The fourth-order valence-electron chi connectivity index (χ4n) is 2.61. The average molecular weight is 290 g/mol. The number of hydrogen-bond donors (Lipinski definition) is 2. The van der Waals surface area contributed by atoms with Crippen molar-refractivity contribution in [1.82, 2.24) is 5.32 Å². The second kappa shape index (κ2) is 8.67. The number of anilines is 1. The molecule has 1 fully saturated rings. The Labute approximate surface area is 127 Å². The van der Waals surface area contributed by atoms with E-state index in [-0.39, 0.29) is 5.91 Å². The van der Waals surface area contributed by atoms with E-state index in [1.165, 1.54) is 12.8 Å². The topological polar surface area (TPSA) is 50.4 Å². The smallest absolute Gasteiger partial charge is 0.224 e. The molecule has 0 bridgehead atoms. The molecule has 21 heavy (non-hydrogen) atoms. The first-order chi connectivity index (χ1) is 10.3. The van der Waals surface area contributed by atoms with Gasteiger partial charge in [0, 0.05) is 18.2 Å². The zero-order valence-electron chi connectivity index (χ0n) is 12.9. The first-order valence-corrected chi connectivity index (χ1v) is 8.01. The summed E-state index contributed by atoms with van der Waals surface area (Å²) in [6.45, 7) is 4.95. The van der Waals surface area contributed by atoms with E-state index < -0.39 is 0 Å². The third-order valence-electron chi connectivity index (χ3n) is 3.83. The molecule has 0 unspecified atom stereocenters. The summed E-state index contributed by atoms with van der Waals surface area (Å²) in [5, 5.41) is 6.31. The number of ether oxygens (including phenoxy) is 1. The first-order valence-electron chi connectivity index (χ1n) is 8.01. The lowest BCUT2D eigenvalue weighted by Crippen LogP contribution is -2.28. The lowest BCUT2D eigenvalue weighted by Gasteiger charge is -2.22. The highest BCUT2D eigenvalue weighted by molar-refractivity contribution is 5.90. The zero-order valence-corrected chi connectivity index (χ0v) is 12.9. The molecule has 0 aromatic heterocycles. The van der Waals surface area contributed by atoms with Crippen LogP contribution < -0.4 is 15.4 Å². The van der Waals surface area contributed by atoms with Gasteiger partial charge in [-0.1, -0.05) is 13.0 Å². The fourth-order valence-corrected chi connectivity index (χ4v) is 2.61. The quantitative estimate of drug-likeness (QED) is 0.811. The molecule has 0 saturated carbocycles. The van der Waals surface area contributed by atoms with Crippen LogP contribution in [0.4, 0.5) is 5.69 Å². The molecule has 4 nitrogen and oxygen atoms in total. The van der Waals surface area contributed by atoms with Crippen molar-refractivity contribution in [2.45, 2.75) is 39.0 Å². The molecule has 0 radical (unpaired) electrons. The van der Waals surface area contributed by atoms with Crippen LogP contribution >= 0.6 is 0 Å². The molecule has 1 aromatic rings. The van der Waals surface area contributed by atoms with Crippen LogP contribution in [0.15, 0.2) is 24.3 Å². The average Bonchev–Trinajstić information content (AvgIpc) is 2.52. The third kappa shape index (κ3) is 5.76. The van der Waals surface area contributed by atoms with Crippen LogP contribution in [0.25, 0.3) is 0 Å². The molecule has 1 heterocycles. The van der Waals surface area contributed by atoms with E-state index in [2.05, 4.69) is 17.6 Å². The van der Waals surface area contributed by atoms with Crippen LogP contribution in [0.5, 0.6) is 5.75 Å². The number of amides is 1. The van der Waals surface area contributed by atoms with Gasteiger partial charge in [-0.05, 0) is 56.8 Å². The van der Waals surface area contributed by atoms with E-state index in [1.54, 1.807) is 0 Å². The van der Waals surface area contributed by atoms with E-state index in [9.17, 15) is 4.79 Å². The minimum atomic E-state index is 0.0983. The van der Waals surface area contributed by atoms with E-state index in [4.69, 9.17) is 4.74 Å². The Bertz CT molecular complexity index is 442. The molecular formula is C17H26N2O2. The van der Waals surface area contributed by atoms with Crippen molar-refractivity contribution in [3.8, 4) is 5.75 Å². The molecule has 1 aliphatic heterocycles. The Hall–Kier alpha value is -1.55. The summed E-state index contributed by atoms with van der Waals surface area (Å²) in [6, 6.07) is 7.62. The van der Waals surface area contributed by atoms with Gasteiger partial charge in [-0.2, -0.15) is 0 Å². The number of rotatable bonds is 7. The van der Waals surface area contributed by atoms with Crippen molar-refractivity contribution in [3.05, 3.63) is 24.3 Å². The van der Waals surface area contributed by atoms with Crippen LogP contribution in [-0.4, -0.2) is 25.6 Å². The third-order valence-corrected chi connectivity index (χ3v) is 3.83. The number of carbonyl (C=O) groups excluding carboxylic acids is 1. The van der Waals surface area contributed by atoms with Gasteiger partial charge in [0.25, 0.3) is 0 Å². The van der Waals surface area contributed by atoms with Gasteiger partial charge in [0.2, 0.25) is 5.91 Å². The van der Waals surface area contributed by atoms with Crippen LogP contribution in [0.1, 0.15) is 39.0 Å². The van der Waals surface area contributed by atoms with E-state index in [0.717, 1.165) is 37.4 Å². The van der Waals surface area contributed by atoms with Crippen LogP contribution in [-0.2, 0) is 4.79 Å². The highest BCUT2D eigenvalue weighted by atomic mass is 16.5. The predicted octanol–water partition coefficient (Wildman–Crippen LogP) is 3.19. The van der Waals surface area contributed by atoms with Crippen molar-refractivity contribution in [1.29, 1.82) is 0 Å². The Morgan fingerprint density at radius 2 is 2.19 bits per heavy atom. The van der Waals surface area contributed by atoms with Crippen LogP contribution in [0.2, 0.25) is 0 Å². The Morgan fingerprint density at radius 1 is 1.38 bits per heavy atom. The number of nitrogens with one attached hydrogen (secondary N) is 2. The van der Waals surface area contributed by atoms with Gasteiger partial charge in [0.1, 0.15) is 5.75 Å². The van der Waals surface area contributed by atoms with E-state index >= 15 is 0 Å². The highest BCUT2D eigenvalue weighted by Gasteiger charge is 2.14. The summed E-state index contributed by atoms with van der Waals surface area (Å²) in [5.41, 5.74) is 0.818. The van der Waals surface area contributed by atoms with Crippen molar-refractivity contribution >= 4 is 11.6 Å². The maximum absolute atomic E-state index is 12.0. The van der Waals surface area contributed by atoms with Gasteiger partial charge in [-0.25, -0.2) is 0 Å². The molecule has 0 atom stereocenters. The van der Waals surface area contributed by atoms with E-state index in [0.29, 0.717) is 18.9 Å². The summed E-state index contributed by atoms with van der Waals surface area (Å²) >= 11 is 0. The zero-order chi connectivity index (χ0) is 14.9. The van der Waals surface area contributed by atoms with Gasteiger partial charge in [0.15, 0.2) is 0 Å². The Morgan fingerprint density at radius 3 is 2.95 bits per heavy atom. The van der Waals surface area contributed by atoms with Crippen LogP contribution in [0, 0.1) is 5.92 Å². The number of piperidine rings is 1. The summed E-state index contributed by atoms with van der Waals surface area (Å²) in [5.74, 6) is 1.60. The molecule has 116 valence electrons. The molecule has 2 N–H and O–H groups in total. The molecule has 1 amide bonds. The lowest BCUT2D eigenvalue weighted by molar-refractivity contribution is -0.116. The number of carbonyl (C=O) groups is 1. The SMILES string of the molecule is CCCOc1cccc(NC(=O)CCC2CCNCC2)c1. The molecular weight excluding hydrogens is 264 g/mol. The van der Waals surface area contributed by atoms with Crippen molar-refractivity contribution in [2.75, 3.05) is 25.0 Å². The van der Waals surface area contributed by atoms with Crippen molar-refractivity contribution < 1.29 is 9.53 Å². The maximum atomic E-state index is 12.0. The highest BCUT2D eigenvalue weighted by Crippen LogP contribution is 2.20. The van der Waals surface area contributed by atoms with Gasteiger partial charge in [-0.3, -0.25) is 4.79 Å². The molecule has 1 aromatic carbocycles. The van der Waals surface area contributed by atoms with Crippen molar-refractivity contribution in [3.63, 3.8) is 0 Å². The Balaban J connectivity index is 1.76. The van der Waals surface area contributed by atoms with Crippen molar-refractivity contribution in [2.24, 2.45) is 5.92 Å². The summed E-state index contributed by atoms with van der Waals surface area (Å²) in [6.07, 6.45) is 4.94. The van der Waals surface area contributed by atoms with Gasteiger partial charge < -0.3 is 15.4 Å². The molecule has 0 aliphatic carbocycles. The molecule has 2 rings (SSSR count). The summed E-state index contributed by atoms with van der Waals surface area (Å²) in [7, 11) is 0. The Kier molecular flexibility index (Phi) is 6.54. The first kappa shape index (κ1) is 15.8. The van der Waals surface area contributed by atoms with Crippen LogP contribution in [0.3, 0.4) is 0 Å². The normalized spacial score (nSPS) is 15.7.